The van der Waals surface area contributed by atoms with Crippen LogP contribution in [-0.4, -0.2) is 21.5 Å². The molecule has 1 aromatic heterocycles. The quantitative estimate of drug-likeness (QED) is 0.893. The fraction of sp³-hybridized carbons (Fsp3) is 0.375. The Labute approximate surface area is 138 Å². The van der Waals surface area contributed by atoms with Gasteiger partial charge in [-0.25, -0.2) is 9.48 Å². The summed E-state index contributed by atoms with van der Waals surface area (Å²) in [5.41, 5.74) is 0.571. The second-order valence-corrected chi connectivity index (χ2v) is 6.91. The van der Waals surface area contributed by atoms with Crippen molar-refractivity contribution in [3.63, 3.8) is 0 Å². The molecule has 0 aliphatic carbocycles. The van der Waals surface area contributed by atoms with Crippen molar-refractivity contribution in [1.29, 1.82) is 0 Å². The molecule has 1 aromatic carbocycles. The maximum atomic E-state index is 12.1. The molecule has 1 N–H and O–H groups in total. The summed E-state index contributed by atoms with van der Waals surface area (Å²) in [4.78, 5) is 12.1. The molecule has 1 atom stereocenters. The lowest BCUT2D eigenvalue weighted by atomic mass is 10.1. The molecule has 0 aliphatic heterocycles. The van der Waals surface area contributed by atoms with E-state index >= 15 is 0 Å². The van der Waals surface area contributed by atoms with Crippen LogP contribution in [0.25, 0.3) is 0 Å². The summed E-state index contributed by atoms with van der Waals surface area (Å²) in [5.74, 6) is 0. The Balaban J connectivity index is 2.13. The van der Waals surface area contributed by atoms with Gasteiger partial charge in [0.1, 0.15) is 11.8 Å². The molecule has 1 unspecified atom stereocenters. The first-order valence-electron chi connectivity index (χ1n) is 7.06. The van der Waals surface area contributed by atoms with Crippen molar-refractivity contribution in [3.8, 4) is 0 Å². The highest BCUT2D eigenvalue weighted by Crippen LogP contribution is 2.16. The van der Waals surface area contributed by atoms with E-state index in [1.165, 1.54) is 0 Å². The van der Waals surface area contributed by atoms with Crippen LogP contribution in [-0.2, 0) is 11.2 Å². The van der Waals surface area contributed by atoms with Gasteiger partial charge in [-0.05, 0) is 42.3 Å². The van der Waals surface area contributed by atoms with Gasteiger partial charge >= 0.3 is 6.09 Å². The minimum Gasteiger partial charge on any atom is -0.444 e. The van der Waals surface area contributed by atoms with E-state index in [-0.39, 0.29) is 6.17 Å². The Hall–Kier alpha value is -1.82. The van der Waals surface area contributed by atoms with Crippen LogP contribution in [0.3, 0.4) is 0 Å². The molecule has 0 saturated carbocycles. The number of hydrogen-bond acceptors (Lipinski definition) is 3. The van der Waals surface area contributed by atoms with E-state index < -0.39 is 11.7 Å². The van der Waals surface area contributed by atoms with Gasteiger partial charge in [0.25, 0.3) is 0 Å². The molecule has 0 fully saturated rings. The molecule has 6 heteroatoms. The van der Waals surface area contributed by atoms with Gasteiger partial charge in [-0.3, -0.25) is 5.32 Å². The third-order valence-electron chi connectivity index (χ3n) is 2.84. The maximum absolute atomic E-state index is 12.1. The maximum Gasteiger partial charge on any atom is 0.409 e. The Morgan fingerprint density at radius 3 is 2.59 bits per heavy atom. The third-order valence-corrected chi connectivity index (χ3v) is 3.25. The molecule has 0 saturated heterocycles. The molecule has 0 spiro atoms. The number of hydrogen-bond donors (Lipinski definition) is 1. The zero-order chi connectivity index (χ0) is 16.2. The zero-order valence-electron chi connectivity index (χ0n) is 12.9. The van der Waals surface area contributed by atoms with Crippen LogP contribution in [0.2, 0.25) is 0 Å². The van der Waals surface area contributed by atoms with Crippen LogP contribution in [0, 0.1) is 0 Å². The van der Waals surface area contributed by atoms with Crippen LogP contribution in [0.15, 0.2) is 47.2 Å². The van der Waals surface area contributed by atoms with Gasteiger partial charge in [-0.15, -0.1) is 0 Å². The lowest BCUT2D eigenvalue weighted by Crippen LogP contribution is -2.38. The summed E-state index contributed by atoms with van der Waals surface area (Å²) < 4.78 is 7.90. The van der Waals surface area contributed by atoms with Crippen molar-refractivity contribution in [2.75, 3.05) is 0 Å². The SMILES string of the molecule is CC(C)(C)OC(=O)NC(Cc1ccccc1)n1cc(Br)cn1. The van der Waals surface area contributed by atoms with Gasteiger partial charge in [-0.1, -0.05) is 30.3 Å². The van der Waals surface area contributed by atoms with Gasteiger partial charge in [0.05, 0.1) is 10.7 Å². The predicted molar refractivity (Wildman–Crippen MR) is 88.5 cm³/mol. The van der Waals surface area contributed by atoms with E-state index in [0.29, 0.717) is 6.42 Å². The molecule has 1 heterocycles. The van der Waals surface area contributed by atoms with E-state index in [9.17, 15) is 4.79 Å². The molecule has 0 bridgehead atoms. The highest BCUT2D eigenvalue weighted by Gasteiger charge is 2.21. The van der Waals surface area contributed by atoms with Crippen molar-refractivity contribution in [2.45, 2.75) is 39.0 Å². The van der Waals surface area contributed by atoms with E-state index in [2.05, 4.69) is 26.3 Å². The van der Waals surface area contributed by atoms with E-state index in [1.54, 1.807) is 10.9 Å². The molecule has 118 valence electrons. The van der Waals surface area contributed by atoms with Crippen molar-refractivity contribution in [1.82, 2.24) is 15.1 Å². The largest absolute Gasteiger partial charge is 0.444 e. The standard InChI is InChI=1S/C16H20BrN3O2/c1-16(2,3)22-15(21)19-14(20-11-13(17)10-18-20)9-12-7-5-4-6-8-12/h4-8,10-11,14H,9H2,1-3H3,(H,19,21). The van der Waals surface area contributed by atoms with E-state index in [0.717, 1.165) is 10.0 Å². The fourth-order valence-electron chi connectivity index (χ4n) is 1.98. The minimum absolute atomic E-state index is 0.316. The van der Waals surface area contributed by atoms with Crippen LogP contribution < -0.4 is 5.32 Å². The number of nitrogens with zero attached hydrogens (tertiary/aromatic N) is 2. The third kappa shape index (κ3) is 5.18. The lowest BCUT2D eigenvalue weighted by molar-refractivity contribution is 0.0476. The highest BCUT2D eigenvalue weighted by atomic mass is 79.9. The number of nitrogens with one attached hydrogen (secondary N) is 1. The smallest absolute Gasteiger partial charge is 0.409 e. The first-order valence-corrected chi connectivity index (χ1v) is 7.86. The first-order chi connectivity index (χ1) is 10.3. The number of halogens is 1. The van der Waals surface area contributed by atoms with E-state index in [4.69, 9.17) is 4.74 Å². The first kappa shape index (κ1) is 16.5. The number of ether oxygens (including phenoxy) is 1. The molecule has 22 heavy (non-hydrogen) atoms. The Morgan fingerprint density at radius 1 is 1.36 bits per heavy atom. The summed E-state index contributed by atoms with van der Waals surface area (Å²) in [6, 6.07) is 9.94. The summed E-state index contributed by atoms with van der Waals surface area (Å²) in [7, 11) is 0. The van der Waals surface area contributed by atoms with Crippen LogP contribution in [0.5, 0.6) is 0 Å². The average Bonchev–Trinajstić information content (AvgIpc) is 2.84. The van der Waals surface area contributed by atoms with Crippen molar-refractivity contribution in [3.05, 3.63) is 52.8 Å². The van der Waals surface area contributed by atoms with Crippen molar-refractivity contribution >= 4 is 22.0 Å². The zero-order valence-corrected chi connectivity index (χ0v) is 14.5. The van der Waals surface area contributed by atoms with E-state index in [1.807, 2.05) is 57.3 Å². The second-order valence-electron chi connectivity index (χ2n) is 5.99. The van der Waals surface area contributed by atoms with Gasteiger partial charge in [-0.2, -0.15) is 5.10 Å². The van der Waals surface area contributed by atoms with Crippen LogP contribution in [0.4, 0.5) is 4.79 Å². The highest BCUT2D eigenvalue weighted by molar-refractivity contribution is 9.10. The van der Waals surface area contributed by atoms with Gasteiger partial charge in [0.15, 0.2) is 0 Å². The Morgan fingerprint density at radius 2 is 2.05 bits per heavy atom. The number of carbonyl (C=O) groups excluding carboxylic acids is 1. The molecule has 1 amide bonds. The van der Waals surface area contributed by atoms with Gasteiger partial charge < -0.3 is 4.74 Å². The number of rotatable bonds is 4. The van der Waals surface area contributed by atoms with Crippen molar-refractivity contribution in [2.24, 2.45) is 0 Å². The Bertz CT molecular complexity index is 620. The molecule has 0 radical (unpaired) electrons. The second kappa shape index (κ2) is 6.96. The summed E-state index contributed by atoms with van der Waals surface area (Å²) in [6.07, 6.45) is 3.36. The number of alkyl carbamates (subject to hydrolysis) is 1. The summed E-state index contributed by atoms with van der Waals surface area (Å²) >= 11 is 3.37. The molecule has 2 rings (SSSR count). The summed E-state index contributed by atoms with van der Waals surface area (Å²) in [5, 5.41) is 7.13. The van der Waals surface area contributed by atoms with Crippen LogP contribution in [0.1, 0.15) is 32.5 Å². The fourth-order valence-corrected chi connectivity index (χ4v) is 2.28. The number of amides is 1. The number of carbonyl (C=O) groups is 1. The number of aromatic nitrogens is 2. The molecule has 5 nitrogen and oxygen atoms in total. The molecular formula is C16H20BrN3O2. The Kier molecular flexibility index (Phi) is 5.24. The van der Waals surface area contributed by atoms with Gasteiger partial charge in [0, 0.05) is 12.6 Å². The van der Waals surface area contributed by atoms with Crippen molar-refractivity contribution < 1.29 is 9.53 Å². The van der Waals surface area contributed by atoms with Gasteiger partial charge in [0.2, 0.25) is 0 Å². The molecule has 0 aliphatic rings. The monoisotopic (exact) mass is 365 g/mol. The average molecular weight is 366 g/mol. The topological polar surface area (TPSA) is 56.1 Å². The predicted octanol–water partition coefficient (Wildman–Crippen LogP) is 3.91. The molecule has 2 aromatic rings. The normalized spacial score (nSPS) is 12.7. The number of benzene rings is 1. The summed E-state index contributed by atoms with van der Waals surface area (Å²) in [6.45, 7) is 5.51. The molecular weight excluding hydrogens is 346 g/mol. The lowest BCUT2D eigenvalue weighted by Gasteiger charge is -2.24. The minimum atomic E-state index is -0.536. The van der Waals surface area contributed by atoms with Crippen LogP contribution >= 0.6 is 15.9 Å².